The SMILES string of the molecule is C[C@@H](O)c1ccc(-n2cc(Br)cn2)cc1Br. The van der Waals surface area contributed by atoms with E-state index in [9.17, 15) is 5.11 Å². The van der Waals surface area contributed by atoms with Crippen LogP contribution in [0.5, 0.6) is 0 Å². The molecule has 0 unspecified atom stereocenters. The van der Waals surface area contributed by atoms with Crippen molar-refractivity contribution >= 4 is 31.9 Å². The van der Waals surface area contributed by atoms with Crippen LogP contribution in [0.15, 0.2) is 39.5 Å². The molecule has 0 aliphatic carbocycles. The zero-order valence-electron chi connectivity index (χ0n) is 8.56. The molecule has 0 amide bonds. The molecule has 1 heterocycles. The van der Waals surface area contributed by atoms with Gasteiger partial charge in [0.05, 0.1) is 22.5 Å². The van der Waals surface area contributed by atoms with Gasteiger partial charge in [-0.3, -0.25) is 0 Å². The van der Waals surface area contributed by atoms with Gasteiger partial charge in [0, 0.05) is 10.7 Å². The van der Waals surface area contributed by atoms with Gasteiger partial charge in [-0.05, 0) is 40.5 Å². The fourth-order valence-electron chi connectivity index (χ4n) is 1.44. The summed E-state index contributed by atoms with van der Waals surface area (Å²) in [4.78, 5) is 0. The Balaban J connectivity index is 2.42. The summed E-state index contributed by atoms with van der Waals surface area (Å²) in [5, 5.41) is 13.7. The highest BCUT2D eigenvalue weighted by Crippen LogP contribution is 2.26. The quantitative estimate of drug-likeness (QED) is 0.905. The molecule has 0 fully saturated rings. The van der Waals surface area contributed by atoms with Crippen molar-refractivity contribution in [3.05, 3.63) is 45.1 Å². The van der Waals surface area contributed by atoms with Crippen LogP contribution in [-0.2, 0) is 0 Å². The second-order valence-electron chi connectivity index (χ2n) is 3.48. The minimum absolute atomic E-state index is 0.479. The lowest BCUT2D eigenvalue weighted by Gasteiger charge is -2.09. The van der Waals surface area contributed by atoms with E-state index in [0.717, 1.165) is 20.2 Å². The first-order valence-electron chi connectivity index (χ1n) is 4.76. The van der Waals surface area contributed by atoms with Crippen LogP contribution in [0.25, 0.3) is 5.69 Å². The van der Waals surface area contributed by atoms with Crippen molar-refractivity contribution in [3.8, 4) is 5.69 Å². The predicted octanol–water partition coefficient (Wildman–Crippen LogP) is 3.45. The molecule has 0 aliphatic rings. The van der Waals surface area contributed by atoms with Gasteiger partial charge in [-0.15, -0.1) is 0 Å². The predicted molar refractivity (Wildman–Crippen MR) is 69.6 cm³/mol. The van der Waals surface area contributed by atoms with Crippen molar-refractivity contribution in [2.75, 3.05) is 0 Å². The minimum Gasteiger partial charge on any atom is -0.389 e. The van der Waals surface area contributed by atoms with E-state index in [0.29, 0.717) is 0 Å². The molecule has 2 rings (SSSR count). The van der Waals surface area contributed by atoms with Crippen molar-refractivity contribution in [3.63, 3.8) is 0 Å². The zero-order chi connectivity index (χ0) is 11.7. The van der Waals surface area contributed by atoms with Crippen LogP contribution in [0.2, 0.25) is 0 Å². The Morgan fingerprint density at radius 3 is 2.62 bits per heavy atom. The molecule has 1 aromatic heterocycles. The highest BCUT2D eigenvalue weighted by molar-refractivity contribution is 9.10. The summed E-state index contributed by atoms with van der Waals surface area (Å²) >= 11 is 6.79. The molecule has 0 bridgehead atoms. The molecular formula is C11H10Br2N2O. The fraction of sp³-hybridized carbons (Fsp3) is 0.182. The van der Waals surface area contributed by atoms with Gasteiger partial charge in [-0.25, -0.2) is 4.68 Å². The Kier molecular flexibility index (Phi) is 3.47. The smallest absolute Gasteiger partial charge is 0.0772 e. The number of hydrogen-bond acceptors (Lipinski definition) is 2. The molecule has 3 nitrogen and oxygen atoms in total. The van der Waals surface area contributed by atoms with Crippen LogP contribution in [0.4, 0.5) is 0 Å². The second-order valence-corrected chi connectivity index (χ2v) is 5.25. The number of aromatic nitrogens is 2. The molecule has 0 saturated carbocycles. The molecule has 5 heteroatoms. The summed E-state index contributed by atoms with van der Waals surface area (Å²) in [6, 6.07) is 5.74. The van der Waals surface area contributed by atoms with E-state index in [1.165, 1.54) is 0 Å². The lowest BCUT2D eigenvalue weighted by molar-refractivity contribution is 0.198. The fourth-order valence-corrected chi connectivity index (χ4v) is 2.42. The summed E-state index contributed by atoms with van der Waals surface area (Å²) in [5.41, 5.74) is 1.82. The number of hydrogen-bond donors (Lipinski definition) is 1. The van der Waals surface area contributed by atoms with Gasteiger partial charge < -0.3 is 5.11 Å². The maximum atomic E-state index is 9.51. The van der Waals surface area contributed by atoms with Gasteiger partial charge in [-0.2, -0.15) is 5.10 Å². The molecule has 16 heavy (non-hydrogen) atoms. The van der Waals surface area contributed by atoms with Crippen molar-refractivity contribution in [2.45, 2.75) is 13.0 Å². The third-order valence-corrected chi connectivity index (χ3v) is 3.35. The molecule has 0 aliphatic heterocycles. The van der Waals surface area contributed by atoms with E-state index < -0.39 is 6.10 Å². The zero-order valence-corrected chi connectivity index (χ0v) is 11.7. The van der Waals surface area contributed by atoms with Crippen LogP contribution in [0.3, 0.4) is 0 Å². The van der Waals surface area contributed by atoms with Crippen molar-refractivity contribution in [1.82, 2.24) is 9.78 Å². The topological polar surface area (TPSA) is 38.0 Å². The molecule has 0 radical (unpaired) electrons. The van der Waals surface area contributed by atoms with Crippen LogP contribution in [-0.4, -0.2) is 14.9 Å². The van der Waals surface area contributed by atoms with E-state index >= 15 is 0 Å². The first-order valence-corrected chi connectivity index (χ1v) is 6.34. The van der Waals surface area contributed by atoms with E-state index in [4.69, 9.17) is 0 Å². The van der Waals surface area contributed by atoms with Gasteiger partial charge in [0.1, 0.15) is 0 Å². The number of aliphatic hydroxyl groups excluding tert-OH is 1. The summed E-state index contributed by atoms with van der Waals surface area (Å²) < 4.78 is 3.58. The Morgan fingerprint density at radius 2 is 2.12 bits per heavy atom. The normalized spacial score (nSPS) is 12.8. The van der Waals surface area contributed by atoms with Crippen LogP contribution in [0, 0.1) is 0 Å². The average molecular weight is 346 g/mol. The highest BCUT2D eigenvalue weighted by Gasteiger charge is 2.07. The standard InChI is InChI=1S/C11H10Br2N2O/c1-7(16)10-3-2-9(4-11(10)13)15-6-8(12)5-14-15/h2-7,16H,1H3/t7-/m1/s1. The van der Waals surface area contributed by atoms with Gasteiger partial charge >= 0.3 is 0 Å². The van der Waals surface area contributed by atoms with Gasteiger partial charge in [0.25, 0.3) is 0 Å². The summed E-state index contributed by atoms with van der Waals surface area (Å²) in [6.45, 7) is 1.74. The summed E-state index contributed by atoms with van der Waals surface area (Å²) in [6.07, 6.45) is 3.13. The second kappa shape index (κ2) is 4.69. The van der Waals surface area contributed by atoms with Gasteiger partial charge in [0.15, 0.2) is 0 Å². The number of benzene rings is 1. The van der Waals surface area contributed by atoms with E-state index in [1.807, 2.05) is 24.4 Å². The lowest BCUT2D eigenvalue weighted by atomic mass is 10.1. The van der Waals surface area contributed by atoms with Crippen molar-refractivity contribution in [2.24, 2.45) is 0 Å². The lowest BCUT2D eigenvalue weighted by Crippen LogP contribution is -1.97. The number of rotatable bonds is 2. The van der Waals surface area contributed by atoms with Crippen molar-refractivity contribution in [1.29, 1.82) is 0 Å². The first kappa shape index (κ1) is 11.8. The minimum atomic E-state index is -0.479. The highest BCUT2D eigenvalue weighted by atomic mass is 79.9. The molecule has 0 spiro atoms. The Morgan fingerprint density at radius 1 is 1.38 bits per heavy atom. The number of aliphatic hydroxyl groups is 1. The Hall–Kier alpha value is -0.650. The first-order chi connectivity index (χ1) is 7.58. The molecule has 1 atom stereocenters. The monoisotopic (exact) mass is 344 g/mol. The molecule has 84 valence electrons. The third-order valence-electron chi connectivity index (χ3n) is 2.25. The van der Waals surface area contributed by atoms with Crippen LogP contribution in [0.1, 0.15) is 18.6 Å². The van der Waals surface area contributed by atoms with Crippen molar-refractivity contribution < 1.29 is 5.11 Å². The van der Waals surface area contributed by atoms with E-state index in [1.54, 1.807) is 17.8 Å². The molecule has 0 saturated heterocycles. The van der Waals surface area contributed by atoms with Gasteiger partial charge in [-0.1, -0.05) is 22.0 Å². The number of halogens is 2. The van der Waals surface area contributed by atoms with Crippen LogP contribution >= 0.6 is 31.9 Å². The molecule has 1 N–H and O–H groups in total. The number of nitrogens with zero attached hydrogens (tertiary/aromatic N) is 2. The van der Waals surface area contributed by atoms with E-state index in [2.05, 4.69) is 37.0 Å². The summed E-state index contributed by atoms with van der Waals surface area (Å²) in [7, 11) is 0. The summed E-state index contributed by atoms with van der Waals surface area (Å²) in [5.74, 6) is 0. The maximum Gasteiger partial charge on any atom is 0.0772 e. The van der Waals surface area contributed by atoms with Crippen LogP contribution < -0.4 is 0 Å². The average Bonchev–Trinajstić information content (AvgIpc) is 2.64. The molecular weight excluding hydrogens is 336 g/mol. The van der Waals surface area contributed by atoms with Gasteiger partial charge in [0.2, 0.25) is 0 Å². The van der Waals surface area contributed by atoms with E-state index in [-0.39, 0.29) is 0 Å². The third kappa shape index (κ3) is 2.36. The Bertz CT molecular complexity index is 508. The molecule has 2 aromatic rings. The molecule has 1 aromatic carbocycles. The Labute approximate surface area is 110 Å². The maximum absolute atomic E-state index is 9.51. The largest absolute Gasteiger partial charge is 0.389 e.